The largest absolute Gasteiger partial charge is 0.369 e. The molecule has 1 heterocycles. The maximum atomic E-state index is 13.3. The van der Waals surface area contributed by atoms with Gasteiger partial charge in [0.05, 0.1) is 13.1 Å². The molecule has 2 aromatic rings. The van der Waals surface area contributed by atoms with E-state index in [4.69, 9.17) is 10.3 Å². The molecule has 0 unspecified atom stereocenters. The number of carbonyl (C=O) groups excluding carboxylic acids is 1. The average Bonchev–Trinajstić information content (AvgIpc) is 2.76. The van der Waals surface area contributed by atoms with E-state index in [2.05, 4.69) is 15.5 Å². The van der Waals surface area contributed by atoms with Crippen molar-refractivity contribution in [1.82, 2.24) is 15.5 Å². The molecule has 2 rings (SSSR count). The first kappa shape index (κ1) is 13.2. The number of aryl methyl sites for hydroxylation is 1. The highest BCUT2D eigenvalue weighted by molar-refractivity contribution is 5.75. The Labute approximate surface area is 108 Å². The van der Waals surface area contributed by atoms with Gasteiger partial charge < -0.3 is 10.3 Å². The summed E-state index contributed by atoms with van der Waals surface area (Å²) in [4.78, 5) is 14.6. The van der Waals surface area contributed by atoms with Gasteiger partial charge in [-0.1, -0.05) is 5.16 Å². The Kier molecular flexibility index (Phi) is 3.86. The van der Waals surface area contributed by atoms with Gasteiger partial charge in [-0.3, -0.25) is 10.1 Å². The number of rotatable bonds is 5. The van der Waals surface area contributed by atoms with Gasteiger partial charge in [-0.25, -0.2) is 4.39 Å². The Balaban J connectivity index is 2.09. The first-order valence-electron chi connectivity index (χ1n) is 5.64. The molecule has 1 aromatic heterocycles. The predicted octanol–water partition coefficient (Wildman–Crippen LogP) is 0.759. The molecule has 0 saturated heterocycles. The van der Waals surface area contributed by atoms with Crippen LogP contribution in [0.3, 0.4) is 0 Å². The van der Waals surface area contributed by atoms with Crippen LogP contribution in [-0.2, 0) is 11.3 Å². The van der Waals surface area contributed by atoms with Gasteiger partial charge in [0, 0.05) is 5.56 Å². The van der Waals surface area contributed by atoms with Gasteiger partial charge in [0.15, 0.2) is 0 Å². The van der Waals surface area contributed by atoms with Crippen LogP contribution in [0.25, 0.3) is 11.4 Å². The Morgan fingerprint density at radius 3 is 2.95 bits per heavy atom. The van der Waals surface area contributed by atoms with E-state index < -0.39 is 5.91 Å². The summed E-state index contributed by atoms with van der Waals surface area (Å²) >= 11 is 0. The zero-order valence-electron chi connectivity index (χ0n) is 10.3. The zero-order chi connectivity index (χ0) is 13.8. The molecule has 0 saturated carbocycles. The zero-order valence-corrected chi connectivity index (χ0v) is 10.3. The minimum Gasteiger partial charge on any atom is -0.369 e. The lowest BCUT2D eigenvalue weighted by atomic mass is 10.1. The van der Waals surface area contributed by atoms with Crippen molar-refractivity contribution >= 4 is 5.91 Å². The summed E-state index contributed by atoms with van der Waals surface area (Å²) in [6.07, 6.45) is 0. The highest BCUT2D eigenvalue weighted by atomic mass is 19.1. The normalized spacial score (nSPS) is 10.6. The molecule has 0 spiro atoms. The summed E-state index contributed by atoms with van der Waals surface area (Å²) in [7, 11) is 0. The highest BCUT2D eigenvalue weighted by Crippen LogP contribution is 2.18. The molecule has 1 amide bonds. The number of carbonyl (C=O) groups is 1. The Morgan fingerprint density at radius 2 is 2.26 bits per heavy atom. The van der Waals surface area contributed by atoms with Crippen molar-refractivity contribution in [2.45, 2.75) is 13.5 Å². The van der Waals surface area contributed by atoms with Gasteiger partial charge in [-0.2, -0.15) is 4.98 Å². The molecule has 1 aromatic carbocycles. The van der Waals surface area contributed by atoms with Crippen LogP contribution in [0.2, 0.25) is 0 Å². The first-order valence-corrected chi connectivity index (χ1v) is 5.64. The fourth-order valence-corrected chi connectivity index (χ4v) is 1.60. The quantitative estimate of drug-likeness (QED) is 0.831. The number of halogens is 1. The molecule has 0 fully saturated rings. The van der Waals surface area contributed by atoms with Crippen molar-refractivity contribution in [2.75, 3.05) is 6.54 Å². The second-order valence-electron chi connectivity index (χ2n) is 4.10. The number of hydrogen-bond donors (Lipinski definition) is 2. The molecule has 0 bridgehead atoms. The van der Waals surface area contributed by atoms with Crippen LogP contribution < -0.4 is 11.1 Å². The summed E-state index contributed by atoms with van der Waals surface area (Å²) in [5, 5.41) is 6.50. The van der Waals surface area contributed by atoms with Crippen LogP contribution >= 0.6 is 0 Å². The minimum absolute atomic E-state index is 0.0246. The van der Waals surface area contributed by atoms with Crippen molar-refractivity contribution in [1.29, 1.82) is 0 Å². The maximum Gasteiger partial charge on any atom is 0.240 e. The summed E-state index contributed by atoms with van der Waals surface area (Å²) in [5.41, 5.74) is 6.29. The van der Waals surface area contributed by atoms with Gasteiger partial charge in [0.2, 0.25) is 17.6 Å². The standard InChI is InChI=1S/C12H13FN4O2/c1-7-2-8(4-9(13)3-7)12-16-11(19-17-12)6-15-5-10(14)18/h2-4,15H,5-6H2,1H3,(H2,14,18). The van der Waals surface area contributed by atoms with Crippen LogP contribution in [0.4, 0.5) is 4.39 Å². The van der Waals surface area contributed by atoms with Crippen molar-refractivity contribution in [3.05, 3.63) is 35.5 Å². The van der Waals surface area contributed by atoms with Gasteiger partial charge in [0.1, 0.15) is 5.82 Å². The van der Waals surface area contributed by atoms with E-state index in [1.807, 2.05) is 0 Å². The molecule has 19 heavy (non-hydrogen) atoms. The van der Waals surface area contributed by atoms with Crippen molar-refractivity contribution in [3.8, 4) is 11.4 Å². The van der Waals surface area contributed by atoms with E-state index in [0.717, 1.165) is 5.56 Å². The topological polar surface area (TPSA) is 94.0 Å². The van der Waals surface area contributed by atoms with Crippen LogP contribution in [0, 0.1) is 12.7 Å². The summed E-state index contributed by atoms with van der Waals surface area (Å²) in [6.45, 7) is 2.03. The lowest BCUT2D eigenvalue weighted by molar-refractivity contribution is -0.117. The predicted molar refractivity (Wildman–Crippen MR) is 65.3 cm³/mol. The number of nitrogens with two attached hydrogens (primary N) is 1. The molecule has 0 atom stereocenters. The molecule has 100 valence electrons. The van der Waals surface area contributed by atoms with Crippen LogP contribution in [0.5, 0.6) is 0 Å². The van der Waals surface area contributed by atoms with Crippen LogP contribution in [0.15, 0.2) is 22.7 Å². The molecule has 0 aliphatic carbocycles. The lowest BCUT2D eigenvalue weighted by Gasteiger charge is -1.97. The number of aromatic nitrogens is 2. The van der Waals surface area contributed by atoms with Crippen molar-refractivity contribution in [3.63, 3.8) is 0 Å². The molecule has 0 aliphatic rings. The van der Waals surface area contributed by atoms with Crippen molar-refractivity contribution in [2.24, 2.45) is 5.73 Å². The number of amides is 1. The summed E-state index contributed by atoms with van der Waals surface area (Å²) in [5.74, 6) is -0.217. The molecular formula is C12H13FN4O2. The van der Waals surface area contributed by atoms with E-state index in [9.17, 15) is 9.18 Å². The molecule has 3 N–H and O–H groups in total. The number of benzene rings is 1. The van der Waals surface area contributed by atoms with E-state index in [-0.39, 0.29) is 18.9 Å². The summed E-state index contributed by atoms with van der Waals surface area (Å²) < 4.78 is 18.2. The monoisotopic (exact) mass is 264 g/mol. The highest BCUT2D eigenvalue weighted by Gasteiger charge is 2.10. The van der Waals surface area contributed by atoms with Gasteiger partial charge in [-0.15, -0.1) is 0 Å². The van der Waals surface area contributed by atoms with E-state index in [1.165, 1.54) is 12.1 Å². The smallest absolute Gasteiger partial charge is 0.240 e. The second kappa shape index (κ2) is 5.57. The van der Waals surface area contributed by atoms with Gasteiger partial charge in [0.25, 0.3) is 0 Å². The average molecular weight is 264 g/mol. The van der Waals surface area contributed by atoms with Gasteiger partial charge >= 0.3 is 0 Å². The molecule has 6 nitrogen and oxygen atoms in total. The van der Waals surface area contributed by atoms with Crippen molar-refractivity contribution < 1.29 is 13.7 Å². The fraction of sp³-hybridized carbons (Fsp3) is 0.250. The molecule has 0 aliphatic heterocycles. The maximum absolute atomic E-state index is 13.3. The third-order valence-corrected chi connectivity index (χ3v) is 2.34. The number of nitrogens with zero attached hydrogens (tertiary/aromatic N) is 2. The second-order valence-corrected chi connectivity index (χ2v) is 4.10. The van der Waals surface area contributed by atoms with Crippen LogP contribution in [-0.4, -0.2) is 22.6 Å². The lowest BCUT2D eigenvalue weighted by Crippen LogP contribution is -2.28. The fourth-order valence-electron chi connectivity index (χ4n) is 1.60. The van der Waals surface area contributed by atoms with E-state index >= 15 is 0 Å². The SMILES string of the molecule is Cc1cc(F)cc(-c2noc(CNCC(N)=O)n2)c1. The van der Waals surface area contributed by atoms with E-state index in [0.29, 0.717) is 17.3 Å². The third kappa shape index (κ3) is 3.59. The number of nitrogens with one attached hydrogen (secondary N) is 1. The Hall–Kier alpha value is -2.28. The van der Waals surface area contributed by atoms with E-state index in [1.54, 1.807) is 13.0 Å². The minimum atomic E-state index is -0.472. The summed E-state index contributed by atoms with van der Waals surface area (Å²) in [6, 6.07) is 4.51. The molecule has 0 radical (unpaired) electrons. The Bertz CT molecular complexity index is 577. The Morgan fingerprint density at radius 1 is 1.47 bits per heavy atom. The molecule has 7 heteroatoms. The number of hydrogen-bond acceptors (Lipinski definition) is 5. The molecular weight excluding hydrogens is 251 g/mol. The number of primary amides is 1. The van der Waals surface area contributed by atoms with Crippen LogP contribution in [0.1, 0.15) is 11.5 Å². The third-order valence-electron chi connectivity index (χ3n) is 2.34. The first-order chi connectivity index (χ1) is 9.04. The van der Waals surface area contributed by atoms with Gasteiger partial charge in [-0.05, 0) is 30.7 Å².